The second-order valence-electron chi connectivity index (χ2n) is 3.30. The van der Waals surface area contributed by atoms with Crippen LogP contribution in [0.2, 0.25) is 0 Å². The number of pyridine rings is 1. The first-order chi connectivity index (χ1) is 7.84. The van der Waals surface area contributed by atoms with Crippen molar-refractivity contribution in [2.45, 2.75) is 19.1 Å². The number of hydrogen-bond donors (Lipinski definition) is 1. The van der Waals surface area contributed by atoms with Crippen LogP contribution in [0.5, 0.6) is 5.75 Å². The van der Waals surface area contributed by atoms with Gasteiger partial charge in [0.1, 0.15) is 5.75 Å². The summed E-state index contributed by atoms with van der Waals surface area (Å²) in [4.78, 5) is 14.3. The smallest absolute Gasteiger partial charge is 0.414 e. The molecule has 0 bridgehead atoms. The molecule has 4 nitrogen and oxygen atoms in total. The SMILES string of the molecule is COc1ccc([C@H](NC(C)=O)C(F)(F)F)nc1. The third-order valence-corrected chi connectivity index (χ3v) is 1.97. The molecular formula is C10H11F3N2O2. The van der Waals surface area contributed by atoms with E-state index in [0.717, 1.165) is 19.2 Å². The van der Waals surface area contributed by atoms with Crippen LogP contribution in [-0.4, -0.2) is 24.2 Å². The molecule has 1 atom stereocenters. The maximum absolute atomic E-state index is 12.7. The van der Waals surface area contributed by atoms with Gasteiger partial charge in [0.2, 0.25) is 5.91 Å². The molecule has 0 fully saturated rings. The Hall–Kier alpha value is -1.79. The van der Waals surface area contributed by atoms with Gasteiger partial charge in [-0.1, -0.05) is 0 Å². The normalized spacial score (nSPS) is 13.0. The van der Waals surface area contributed by atoms with Gasteiger partial charge in [0.05, 0.1) is 19.0 Å². The lowest BCUT2D eigenvalue weighted by Gasteiger charge is -2.20. The maximum Gasteiger partial charge on any atom is 0.414 e. The number of carbonyl (C=O) groups is 1. The lowest BCUT2D eigenvalue weighted by molar-refractivity contribution is -0.163. The van der Waals surface area contributed by atoms with Gasteiger partial charge in [-0.3, -0.25) is 9.78 Å². The Morgan fingerprint density at radius 3 is 2.47 bits per heavy atom. The molecule has 0 aliphatic carbocycles. The van der Waals surface area contributed by atoms with Crippen molar-refractivity contribution >= 4 is 5.91 Å². The van der Waals surface area contributed by atoms with Crippen molar-refractivity contribution in [3.63, 3.8) is 0 Å². The van der Waals surface area contributed by atoms with E-state index in [-0.39, 0.29) is 5.69 Å². The predicted molar refractivity (Wildman–Crippen MR) is 53.4 cm³/mol. The molecule has 1 rings (SSSR count). The molecule has 0 saturated carbocycles. The largest absolute Gasteiger partial charge is 0.495 e. The van der Waals surface area contributed by atoms with Crippen molar-refractivity contribution in [3.05, 3.63) is 24.0 Å². The number of hydrogen-bond acceptors (Lipinski definition) is 3. The minimum Gasteiger partial charge on any atom is -0.495 e. The Balaban J connectivity index is 3.00. The molecule has 0 radical (unpaired) electrons. The van der Waals surface area contributed by atoms with Crippen molar-refractivity contribution in [2.75, 3.05) is 7.11 Å². The standard InChI is InChI=1S/C10H11F3N2O2/c1-6(16)15-9(10(11,12)13)8-4-3-7(17-2)5-14-8/h3-5,9H,1-2H3,(H,15,16)/t9-/m0/s1. The number of amides is 1. The van der Waals surface area contributed by atoms with E-state index in [4.69, 9.17) is 4.74 Å². The number of carbonyl (C=O) groups excluding carboxylic acids is 1. The lowest BCUT2D eigenvalue weighted by Crippen LogP contribution is -2.37. The Morgan fingerprint density at radius 1 is 1.47 bits per heavy atom. The van der Waals surface area contributed by atoms with E-state index < -0.39 is 18.1 Å². The van der Waals surface area contributed by atoms with Crippen molar-refractivity contribution in [1.29, 1.82) is 0 Å². The Labute approximate surface area is 95.8 Å². The van der Waals surface area contributed by atoms with Crippen LogP contribution in [0.1, 0.15) is 18.7 Å². The van der Waals surface area contributed by atoms with Gasteiger partial charge in [-0.25, -0.2) is 0 Å². The molecule has 0 aliphatic rings. The number of rotatable bonds is 3. The van der Waals surface area contributed by atoms with E-state index in [2.05, 4.69) is 4.98 Å². The van der Waals surface area contributed by atoms with Gasteiger partial charge in [-0.05, 0) is 12.1 Å². The second kappa shape index (κ2) is 5.03. The lowest BCUT2D eigenvalue weighted by atomic mass is 10.1. The molecule has 1 N–H and O–H groups in total. The summed E-state index contributed by atoms with van der Waals surface area (Å²) >= 11 is 0. The van der Waals surface area contributed by atoms with Crippen LogP contribution < -0.4 is 10.1 Å². The molecule has 0 spiro atoms. The molecule has 1 aromatic heterocycles. The molecular weight excluding hydrogens is 237 g/mol. The predicted octanol–water partition coefficient (Wildman–Crippen LogP) is 1.83. The molecule has 17 heavy (non-hydrogen) atoms. The van der Waals surface area contributed by atoms with Crippen LogP contribution in [0, 0.1) is 0 Å². The van der Waals surface area contributed by atoms with Crippen LogP contribution in [0.4, 0.5) is 13.2 Å². The summed E-state index contributed by atoms with van der Waals surface area (Å²) < 4.78 is 42.8. The quantitative estimate of drug-likeness (QED) is 0.887. The number of nitrogens with zero attached hydrogens (tertiary/aromatic N) is 1. The minimum atomic E-state index is -4.59. The van der Waals surface area contributed by atoms with E-state index >= 15 is 0 Å². The van der Waals surface area contributed by atoms with Crippen LogP contribution in [0.25, 0.3) is 0 Å². The van der Waals surface area contributed by atoms with Crippen molar-refractivity contribution in [1.82, 2.24) is 10.3 Å². The summed E-state index contributed by atoms with van der Waals surface area (Å²) in [5.74, 6) is -0.428. The average Bonchev–Trinajstić information content (AvgIpc) is 2.24. The summed E-state index contributed by atoms with van der Waals surface area (Å²) in [6.07, 6.45) is -3.43. The highest BCUT2D eigenvalue weighted by Crippen LogP contribution is 2.31. The summed E-state index contributed by atoms with van der Waals surface area (Å²) in [7, 11) is 1.38. The van der Waals surface area contributed by atoms with E-state index in [9.17, 15) is 18.0 Å². The van der Waals surface area contributed by atoms with Gasteiger partial charge in [0, 0.05) is 6.92 Å². The van der Waals surface area contributed by atoms with Crippen LogP contribution >= 0.6 is 0 Å². The summed E-state index contributed by atoms with van der Waals surface area (Å²) in [6, 6.07) is 0.404. The van der Waals surface area contributed by atoms with E-state index in [1.54, 1.807) is 5.32 Å². The van der Waals surface area contributed by atoms with Crippen molar-refractivity contribution in [2.24, 2.45) is 0 Å². The van der Waals surface area contributed by atoms with E-state index in [0.29, 0.717) is 5.75 Å². The number of nitrogens with one attached hydrogen (secondary N) is 1. The zero-order valence-electron chi connectivity index (χ0n) is 9.21. The Kier molecular flexibility index (Phi) is 3.93. The monoisotopic (exact) mass is 248 g/mol. The van der Waals surface area contributed by atoms with Gasteiger partial charge >= 0.3 is 6.18 Å². The van der Waals surface area contributed by atoms with Gasteiger partial charge in [0.15, 0.2) is 6.04 Å². The highest BCUT2D eigenvalue weighted by atomic mass is 19.4. The minimum absolute atomic E-state index is 0.284. The zero-order valence-corrected chi connectivity index (χ0v) is 9.21. The zero-order chi connectivity index (χ0) is 13.1. The average molecular weight is 248 g/mol. The van der Waals surface area contributed by atoms with Crippen molar-refractivity contribution in [3.8, 4) is 5.75 Å². The van der Waals surface area contributed by atoms with Crippen LogP contribution in [-0.2, 0) is 4.79 Å². The van der Waals surface area contributed by atoms with Crippen molar-refractivity contribution < 1.29 is 22.7 Å². The van der Waals surface area contributed by atoms with E-state index in [1.807, 2.05) is 0 Å². The fourth-order valence-corrected chi connectivity index (χ4v) is 1.21. The summed E-state index contributed by atoms with van der Waals surface area (Å²) in [5, 5.41) is 1.81. The molecule has 1 aromatic rings. The molecule has 1 amide bonds. The van der Waals surface area contributed by atoms with Gasteiger partial charge in [0.25, 0.3) is 0 Å². The molecule has 0 aliphatic heterocycles. The third-order valence-electron chi connectivity index (χ3n) is 1.97. The highest BCUT2D eigenvalue weighted by Gasteiger charge is 2.42. The molecule has 0 unspecified atom stereocenters. The maximum atomic E-state index is 12.7. The number of methoxy groups -OCH3 is 1. The topological polar surface area (TPSA) is 51.2 Å². The molecule has 7 heteroatoms. The Bertz CT molecular complexity index is 390. The fraction of sp³-hybridized carbons (Fsp3) is 0.400. The highest BCUT2D eigenvalue weighted by molar-refractivity contribution is 5.73. The first-order valence-corrected chi connectivity index (χ1v) is 4.68. The molecule has 0 saturated heterocycles. The van der Waals surface area contributed by atoms with Crippen LogP contribution in [0.3, 0.4) is 0 Å². The van der Waals surface area contributed by atoms with Gasteiger partial charge < -0.3 is 10.1 Å². The molecule has 1 heterocycles. The third kappa shape index (κ3) is 3.61. The number of alkyl halides is 3. The first-order valence-electron chi connectivity index (χ1n) is 4.68. The molecule has 0 aromatic carbocycles. The second-order valence-corrected chi connectivity index (χ2v) is 3.30. The fourth-order valence-electron chi connectivity index (χ4n) is 1.21. The van der Waals surface area contributed by atoms with E-state index in [1.165, 1.54) is 13.2 Å². The number of halogens is 3. The first kappa shape index (κ1) is 13.3. The number of ether oxygens (including phenoxy) is 1. The number of aromatic nitrogens is 1. The van der Waals surface area contributed by atoms with Crippen LogP contribution in [0.15, 0.2) is 18.3 Å². The molecule has 94 valence electrons. The van der Waals surface area contributed by atoms with Gasteiger partial charge in [-0.15, -0.1) is 0 Å². The summed E-state index contributed by atoms with van der Waals surface area (Å²) in [6.45, 7) is 1.02. The Morgan fingerprint density at radius 2 is 2.12 bits per heavy atom. The summed E-state index contributed by atoms with van der Waals surface area (Å²) in [5.41, 5.74) is -0.284. The van der Waals surface area contributed by atoms with Gasteiger partial charge in [-0.2, -0.15) is 13.2 Å².